The smallest absolute Gasteiger partial charge is 0.350 e. The Morgan fingerprint density at radius 1 is 1.41 bits per heavy atom. The van der Waals surface area contributed by atoms with E-state index in [1.165, 1.54) is 0 Å². The van der Waals surface area contributed by atoms with Gasteiger partial charge in [-0.25, -0.2) is 8.42 Å². The van der Waals surface area contributed by atoms with Crippen LogP contribution in [-0.2, 0) is 19.6 Å². The van der Waals surface area contributed by atoms with Crippen molar-refractivity contribution in [2.24, 2.45) is 5.92 Å². The van der Waals surface area contributed by atoms with Gasteiger partial charge < -0.3 is 4.74 Å². The minimum absolute atomic E-state index is 0.0594. The molecule has 0 atom stereocenters. The summed E-state index contributed by atoms with van der Waals surface area (Å²) in [6.45, 7) is 1.81. The Hall–Kier alpha value is -0.760. The summed E-state index contributed by atoms with van der Waals surface area (Å²) >= 11 is 0. The van der Waals surface area contributed by atoms with E-state index in [2.05, 4.69) is 0 Å². The van der Waals surface area contributed by atoms with Gasteiger partial charge in [0.15, 0.2) is 0 Å². The van der Waals surface area contributed by atoms with E-state index in [4.69, 9.17) is 4.74 Å². The molecular weight excluding hydrogens is 256 g/mol. The average molecular weight is 271 g/mol. The summed E-state index contributed by atoms with van der Waals surface area (Å²) in [6, 6.07) is 0. The largest absolute Gasteiger partial charge is 0.466 e. The van der Waals surface area contributed by atoms with E-state index in [0.717, 1.165) is 4.31 Å². The standard InChI is InChI=1S/C9H15F2NO4S/c1-2-16-8(13)7-3-5-12(6-4-7)17(14,15)9(10)11/h7,9H,2-6H2,1H3. The van der Waals surface area contributed by atoms with Crippen molar-refractivity contribution in [1.29, 1.82) is 0 Å². The Morgan fingerprint density at radius 2 is 1.94 bits per heavy atom. The van der Waals surface area contributed by atoms with Crippen LogP contribution in [0.2, 0.25) is 0 Å². The second-order valence-electron chi connectivity index (χ2n) is 3.73. The van der Waals surface area contributed by atoms with Gasteiger partial charge in [-0.05, 0) is 19.8 Å². The number of esters is 1. The Labute approximate surface area is 98.8 Å². The average Bonchev–Trinajstić information content (AvgIpc) is 2.29. The highest BCUT2D eigenvalue weighted by atomic mass is 32.2. The summed E-state index contributed by atoms with van der Waals surface area (Å²) in [5.74, 6) is -4.18. The third-order valence-corrected chi connectivity index (χ3v) is 4.19. The lowest BCUT2D eigenvalue weighted by Crippen LogP contribution is -2.42. The van der Waals surface area contributed by atoms with Crippen molar-refractivity contribution in [3.8, 4) is 0 Å². The predicted molar refractivity (Wildman–Crippen MR) is 55.9 cm³/mol. The number of rotatable bonds is 4. The summed E-state index contributed by atoms with van der Waals surface area (Å²) in [4.78, 5) is 11.3. The van der Waals surface area contributed by atoms with Gasteiger partial charge in [-0.15, -0.1) is 0 Å². The molecule has 0 aliphatic carbocycles. The second kappa shape index (κ2) is 5.72. The molecule has 0 aromatic carbocycles. The molecule has 17 heavy (non-hydrogen) atoms. The molecule has 0 radical (unpaired) electrons. The number of ether oxygens (including phenoxy) is 1. The number of hydrogen-bond acceptors (Lipinski definition) is 4. The van der Waals surface area contributed by atoms with E-state index in [1.54, 1.807) is 6.92 Å². The molecule has 0 bridgehead atoms. The van der Waals surface area contributed by atoms with Gasteiger partial charge in [-0.1, -0.05) is 0 Å². The van der Waals surface area contributed by atoms with Crippen LogP contribution in [0.5, 0.6) is 0 Å². The van der Waals surface area contributed by atoms with Gasteiger partial charge in [-0.3, -0.25) is 4.79 Å². The quantitative estimate of drug-likeness (QED) is 0.710. The monoisotopic (exact) mass is 271 g/mol. The van der Waals surface area contributed by atoms with Crippen molar-refractivity contribution in [1.82, 2.24) is 4.31 Å². The molecule has 1 heterocycles. The van der Waals surface area contributed by atoms with E-state index in [-0.39, 0.29) is 44.4 Å². The fourth-order valence-electron chi connectivity index (χ4n) is 1.72. The number of carbonyl (C=O) groups is 1. The third kappa shape index (κ3) is 3.35. The lowest BCUT2D eigenvalue weighted by Gasteiger charge is -2.29. The van der Waals surface area contributed by atoms with E-state index >= 15 is 0 Å². The molecule has 1 aliphatic heterocycles. The van der Waals surface area contributed by atoms with Crippen LogP contribution in [0.25, 0.3) is 0 Å². The molecule has 8 heteroatoms. The number of sulfonamides is 1. The third-order valence-electron chi connectivity index (χ3n) is 2.66. The number of hydrogen-bond donors (Lipinski definition) is 0. The number of alkyl halides is 2. The molecule has 5 nitrogen and oxygen atoms in total. The number of piperidine rings is 1. The highest BCUT2D eigenvalue weighted by molar-refractivity contribution is 7.89. The van der Waals surface area contributed by atoms with Crippen molar-refractivity contribution in [3.63, 3.8) is 0 Å². The minimum Gasteiger partial charge on any atom is -0.466 e. The molecule has 0 aromatic heterocycles. The molecule has 0 amide bonds. The van der Waals surface area contributed by atoms with Gasteiger partial charge in [0, 0.05) is 13.1 Å². The molecule has 1 fully saturated rings. The predicted octanol–water partition coefficient (Wildman–Crippen LogP) is 0.814. The number of nitrogens with zero attached hydrogens (tertiary/aromatic N) is 1. The van der Waals surface area contributed by atoms with Crippen LogP contribution in [0, 0.1) is 5.92 Å². The maximum atomic E-state index is 12.3. The van der Waals surface area contributed by atoms with Crippen LogP contribution < -0.4 is 0 Å². The van der Waals surface area contributed by atoms with Gasteiger partial charge in [0.2, 0.25) is 0 Å². The molecule has 0 unspecified atom stereocenters. The molecule has 100 valence electrons. The van der Waals surface area contributed by atoms with Gasteiger partial charge in [-0.2, -0.15) is 13.1 Å². The van der Waals surface area contributed by atoms with Gasteiger partial charge >= 0.3 is 11.7 Å². The van der Waals surface area contributed by atoms with Crippen LogP contribution in [0.1, 0.15) is 19.8 Å². The Bertz CT molecular complexity index is 363. The van der Waals surface area contributed by atoms with Crippen LogP contribution in [0.4, 0.5) is 8.78 Å². The Balaban J connectivity index is 2.54. The topological polar surface area (TPSA) is 63.7 Å². The summed E-state index contributed by atoms with van der Waals surface area (Å²) in [5, 5.41) is 0. The summed E-state index contributed by atoms with van der Waals surface area (Å²) in [7, 11) is -4.51. The highest BCUT2D eigenvalue weighted by Crippen LogP contribution is 2.23. The zero-order chi connectivity index (χ0) is 13.1. The number of carbonyl (C=O) groups excluding carboxylic acids is 1. The van der Waals surface area contributed by atoms with Crippen LogP contribution in [-0.4, -0.2) is 44.1 Å². The Morgan fingerprint density at radius 3 is 2.35 bits per heavy atom. The van der Waals surface area contributed by atoms with Gasteiger partial charge in [0.05, 0.1) is 12.5 Å². The summed E-state index contributed by atoms with van der Waals surface area (Å²) < 4.78 is 52.3. The Kier molecular flexibility index (Phi) is 4.81. The maximum Gasteiger partial charge on any atom is 0.350 e. The van der Waals surface area contributed by atoms with Crippen LogP contribution in [0.15, 0.2) is 0 Å². The van der Waals surface area contributed by atoms with Crippen molar-refractivity contribution >= 4 is 16.0 Å². The van der Waals surface area contributed by atoms with Gasteiger partial charge in [0.25, 0.3) is 10.0 Å². The van der Waals surface area contributed by atoms with Crippen LogP contribution >= 0.6 is 0 Å². The molecule has 1 aliphatic rings. The molecule has 1 rings (SSSR count). The zero-order valence-electron chi connectivity index (χ0n) is 9.43. The zero-order valence-corrected chi connectivity index (χ0v) is 10.3. The van der Waals surface area contributed by atoms with Crippen molar-refractivity contribution in [3.05, 3.63) is 0 Å². The van der Waals surface area contributed by atoms with Crippen molar-refractivity contribution in [2.75, 3.05) is 19.7 Å². The first-order valence-corrected chi connectivity index (χ1v) is 6.83. The van der Waals surface area contributed by atoms with E-state index < -0.39 is 15.8 Å². The maximum absolute atomic E-state index is 12.3. The van der Waals surface area contributed by atoms with Crippen molar-refractivity contribution < 1.29 is 26.7 Å². The van der Waals surface area contributed by atoms with Gasteiger partial charge in [0.1, 0.15) is 0 Å². The molecule has 0 saturated carbocycles. The lowest BCUT2D eigenvalue weighted by molar-refractivity contribution is -0.149. The fourth-order valence-corrected chi connectivity index (χ4v) is 2.66. The van der Waals surface area contributed by atoms with E-state index in [0.29, 0.717) is 0 Å². The SMILES string of the molecule is CCOC(=O)C1CCN(S(=O)(=O)C(F)F)CC1. The highest BCUT2D eigenvalue weighted by Gasteiger charge is 2.36. The minimum atomic E-state index is -4.51. The summed E-state index contributed by atoms with van der Waals surface area (Å²) in [6.07, 6.45) is 0.454. The lowest BCUT2D eigenvalue weighted by atomic mass is 9.98. The first-order chi connectivity index (χ1) is 7.89. The first-order valence-electron chi connectivity index (χ1n) is 5.33. The van der Waals surface area contributed by atoms with E-state index in [9.17, 15) is 22.0 Å². The number of halogens is 2. The molecule has 1 saturated heterocycles. The molecule has 0 aromatic rings. The first kappa shape index (κ1) is 14.3. The molecule has 0 spiro atoms. The molecular formula is C9H15F2NO4S. The van der Waals surface area contributed by atoms with Crippen molar-refractivity contribution in [2.45, 2.75) is 25.5 Å². The fraction of sp³-hybridized carbons (Fsp3) is 0.889. The van der Waals surface area contributed by atoms with E-state index in [1.807, 2.05) is 0 Å². The second-order valence-corrected chi connectivity index (χ2v) is 5.63. The molecule has 0 N–H and O–H groups in total. The summed E-state index contributed by atoms with van der Waals surface area (Å²) in [5.41, 5.74) is 0. The normalized spacial score (nSPS) is 19.5. The van der Waals surface area contributed by atoms with Crippen LogP contribution in [0.3, 0.4) is 0 Å².